The van der Waals surface area contributed by atoms with Crippen molar-refractivity contribution in [3.8, 4) is 5.88 Å². The van der Waals surface area contributed by atoms with Crippen molar-refractivity contribution >= 4 is 39.5 Å². The van der Waals surface area contributed by atoms with Crippen LogP contribution in [0.5, 0.6) is 5.88 Å². The Morgan fingerprint density at radius 2 is 1.86 bits per heavy atom. The molecule has 0 saturated carbocycles. The lowest BCUT2D eigenvalue weighted by Crippen LogP contribution is -2.52. The maximum atomic E-state index is 12.7. The Balaban J connectivity index is 1.73. The van der Waals surface area contributed by atoms with Gasteiger partial charge in [-0.15, -0.1) is 0 Å². The number of hydrogen-bond donors (Lipinski definition) is 6. The van der Waals surface area contributed by atoms with Gasteiger partial charge in [0.15, 0.2) is 11.9 Å². The van der Waals surface area contributed by atoms with Crippen LogP contribution >= 0.6 is 11.3 Å². The van der Waals surface area contributed by atoms with E-state index in [4.69, 9.17) is 20.9 Å². The Morgan fingerprint density at radius 3 is 2.46 bits per heavy atom. The number of nitrogen functional groups attached to an aromatic ring is 1. The van der Waals surface area contributed by atoms with Crippen LogP contribution in [0.15, 0.2) is 4.79 Å². The standard InChI is InChI=1S/C20H30N6O8S/c1-6(2)9(21)15(29)23-10(7(3)4)18(31)33-5-8-11(27)12(28)17(34-8)26-14-13(35-20(26)32)16(30)25-19(22)24-14/h6-12,17,27-28H,5,21H2,1-4H3,(H,23,29)(H3,22,24,25,30)/t8-,9+,10+,11-,12-,17-/m1/s1. The van der Waals surface area contributed by atoms with Crippen LogP contribution in [-0.4, -0.2) is 78.7 Å². The molecule has 0 spiro atoms. The number of aromatic hydroxyl groups is 1. The summed E-state index contributed by atoms with van der Waals surface area (Å²) in [4.78, 5) is 44.4. The average Bonchev–Trinajstić information content (AvgIpc) is 3.25. The topological polar surface area (TPSA) is 225 Å². The third kappa shape index (κ3) is 5.38. The number of ether oxygens (including phenoxy) is 2. The van der Waals surface area contributed by atoms with Crippen LogP contribution in [0.1, 0.15) is 33.9 Å². The summed E-state index contributed by atoms with van der Waals surface area (Å²) >= 11 is 0.609. The van der Waals surface area contributed by atoms with Crippen LogP contribution < -0.4 is 21.7 Å². The van der Waals surface area contributed by atoms with E-state index in [1.54, 1.807) is 27.7 Å². The van der Waals surface area contributed by atoms with Crippen molar-refractivity contribution in [2.75, 3.05) is 12.3 Å². The SMILES string of the molecule is CC(C)[C@H](N)C(=O)N[C@H](C(=O)OC[C@H]1O[C@@H](n2c(=O)sc3c(O)nc(N)nc32)[C@H](O)[C@@H]1O)C(C)C. The maximum Gasteiger partial charge on any atom is 0.328 e. The molecule has 3 rings (SSSR count). The predicted molar refractivity (Wildman–Crippen MR) is 124 cm³/mol. The third-order valence-electron chi connectivity index (χ3n) is 5.68. The molecule has 14 nitrogen and oxygen atoms in total. The first-order chi connectivity index (χ1) is 16.3. The number of carbonyl (C=O) groups is 2. The van der Waals surface area contributed by atoms with Crippen LogP contribution in [-0.2, 0) is 19.1 Å². The molecule has 2 aromatic rings. The van der Waals surface area contributed by atoms with Crippen molar-refractivity contribution in [1.29, 1.82) is 0 Å². The number of amides is 1. The highest BCUT2D eigenvalue weighted by Gasteiger charge is 2.46. The summed E-state index contributed by atoms with van der Waals surface area (Å²) in [6.07, 6.45) is -5.70. The van der Waals surface area contributed by atoms with Gasteiger partial charge in [0, 0.05) is 0 Å². The minimum Gasteiger partial charge on any atom is -0.492 e. The number of carbonyl (C=O) groups excluding carboxylic acids is 2. The number of anilines is 1. The van der Waals surface area contributed by atoms with E-state index < -0.39 is 65.9 Å². The molecule has 1 aliphatic heterocycles. The molecule has 3 heterocycles. The summed E-state index contributed by atoms with van der Waals surface area (Å²) in [5.41, 5.74) is 11.3. The zero-order valence-corrected chi connectivity index (χ0v) is 20.4. The fourth-order valence-electron chi connectivity index (χ4n) is 3.53. The summed E-state index contributed by atoms with van der Waals surface area (Å²) < 4.78 is 11.9. The van der Waals surface area contributed by atoms with E-state index in [1.807, 2.05) is 0 Å². The number of thiazole rings is 1. The van der Waals surface area contributed by atoms with Crippen molar-refractivity contribution in [2.45, 2.75) is 64.3 Å². The minimum atomic E-state index is -1.59. The molecule has 8 N–H and O–H groups in total. The van der Waals surface area contributed by atoms with Crippen LogP contribution in [0.3, 0.4) is 0 Å². The predicted octanol–water partition coefficient (Wildman–Crippen LogP) is -1.57. The monoisotopic (exact) mass is 514 g/mol. The Kier molecular flexibility index (Phi) is 7.96. The largest absolute Gasteiger partial charge is 0.492 e. The highest BCUT2D eigenvalue weighted by atomic mass is 32.1. The van der Waals surface area contributed by atoms with Crippen molar-refractivity contribution in [3.63, 3.8) is 0 Å². The Bertz CT molecular complexity index is 1150. The van der Waals surface area contributed by atoms with Gasteiger partial charge in [-0.25, -0.2) is 4.79 Å². The van der Waals surface area contributed by atoms with E-state index in [0.717, 1.165) is 4.57 Å². The highest BCUT2D eigenvalue weighted by Crippen LogP contribution is 2.34. The lowest BCUT2D eigenvalue weighted by atomic mass is 10.0. The molecule has 0 bridgehead atoms. The van der Waals surface area contributed by atoms with Gasteiger partial charge in [-0.2, -0.15) is 9.97 Å². The number of hydrogen-bond acceptors (Lipinski definition) is 13. The molecule has 0 radical (unpaired) electrons. The van der Waals surface area contributed by atoms with E-state index in [9.17, 15) is 29.7 Å². The fourth-order valence-corrected chi connectivity index (χ4v) is 4.37. The van der Waals surface area contributed by atoms with Gasteiger partial charge >= 0.3 is 10.8 Å². The first-order valence-electron chi connectivity index (χ1n) is 10.9. The number of esters is 1. The summed E-state index contributed by atoms with van der Waals surface area (Å²) in [6, 6.07) is -1.81. The Hall–Kier alpha value is -2.85. The van der Waals surface area contributed by atoms with E-state index >= 15 is 0 Å². The van der Waals surface area contributed by atoms with Crippen LogP contribution in [0, 0.1) is 11.8 Å². The fraction of sp³-hybridized carbons (Fsp3) is 0.650. The molecule has 2 aromatic heterocycles. The first-order valence-corrected chi connectivity index (χ1v) is 11.8. The zero-order valence-electron chi connectivity index (χ0n) is 19.6. The quantitative estimate of drug-likeness (QED) is 0.220. The van der Waals surface area contributed by atoms with Gasteiger partial charge in [0.05, 0.1) is 6.04 Å². The van der Waals surface area contributed by atoms with Crippen molar-refractivity contribution in [1.82, 2.24) is 19.9 Å². The molecule has 6 atom stereocenters. The number of aliphatic hydroxyl groups excluding tert-OH is 2. The van der Waals surface area contributed by atoms with Crippen LogP contribution in [0.25, 0.3) is 10.3 Å². The van der Waals surface area contributed by atoms with E-state index in [0.29, 0.717) is 11.3 Å². The number of aliphatic hydroxyl groups is 2. The molecule has 35 heavy (non-hydrogen) atoms. The Labute approximate surface area is 203 Å². The normalized spacial score (nSPS) is 24.1. The molecular formula is C20H30N6O8S. The molecule has 0 unspecified atom stereocenters. The van der Waals surface area contributed by atoms with E-state index in [-0.39, 0.29) is 28.1 Å². The maximum absolute atomic E-state index is 12.7. The second-order valence-corrected chi connectivity index (χ2v) is 9.93. The van der Waals surface area contributed by atoms with E-state index in [2.05, 4.69) is 15.3 Å². The van der Waals surface area contributed by atoms with Gasteiger partial charge < -0.3 is 41.6 Å². The summed E-state index contributed by atoms with van der Waals surface area (Å²) in [5.74, 6) is -2.56. The minimum absolute atomic E-state index is 0.0273. The molecule has 1 aliphatic rings. The van der Waals surface area contributed by atoms with Gasteiger partial charge in [-0.05, 0) is 11.8 Å². The first kappa shape index (κ1) is 26.7. The smallest absolute Gasteiger partial charge is 0.328 e. The molecular weight excluding hydrogens is 484 g/mol. The molecule has 0 aliphatic carbocycles. The van der Waals surface area contributed by atoms with Crippen molar-refractivity contribution < 1.29 is 34.4 Å². The number of aromatic nitrogens is 3. The van der Waals surface area contributed by atoms with Crippen LogP contribution in [0.2, 0.25) is 0 Å². The molecule has 194 valence electrons. The van der Waals surface area contributed by atoms with Gasteiger partial charge in [0.25, 0.3) is 0 Å². The highest BCUT2D eigenvalue weighted by molar-refractivity contribution is 7.16. The molecule has 0 aromatic carbocycles. The third-order valence-corrected chi connectivity index (χ3v) is 6.62. The molecule has 15 heteroatoms. The molecule has 1 amide bonds. The molecule has 1 fully saturated rings. The summed E-state index contributed by atoms with van der Waals surface area (Å²) in [6.45, 7) is 6.51. The Morgan fingerprint density at radius 1 is 1.20 bits per heavy atom. The number of nitrogens with two attached hydrogens (primary N) is 2. The van der Waals surface area contributed by atoms with Crippen LogP contribution in [0.4, 0.5) is 5.95 Å². The lowest BCUT2D eigenvalue weighted by Gasteiger charge is -2.24. The van der Waals surface area contributed by atoms with Crippen molar-refractivity contribution in [2.24, 2.45) is 17.6 Å². The number of fused-ring (bicyclic) bond motifs is 1. The van der Waals surface area contributed by atoms with Crippen molar-refractivity contribution in [3.05, 3.63) is 9.67 Å². The number of nitrogens with one attached hydrogen (secondary N) is 1. The average molecular weight is 515 g/mol. The van der Waals surface area contributed by atoms with Gasteiger partial charge in [0.1, 0.15) is 35.7 Å². The molecule has 1 saturated heterocycles. The van der Waals surface area contributed by atoms with Gasteiger partial charge in [0.2, 0.25) is 17.7 Å². The lowest BCUT2D eigenvalue weighted by molar-refractivity contribution is -0.155. The second kappa shape index (κ2) is 10.4. The zero-order chi connectivity index (χ0) is 26.2. The number of nitrogens with zero attached hydrogens (tertiary/aromatic N) is 3. The van der Waals surface area contributed by atoms with Gasteiger partial charge in [-0.1, -0.05) is 39.0 Å². The second-order valence-electron chi connectivity index (χ2n) is 8.97. The summed E-state index contributed by atoms with van der Waals surface area (Å²) in [5, 5.41) is 33.5. The number of rotatable bonds is 8. The summed E-state index contributed by atoms with van der Waals surface area (Å²) in [7, 11) is 0. The van der Waals surface area contributed by atoms with Gasteiger partial charge in [-0.3, -0.25) is 14.2 Å². The van der Waals surface area contributed by atoms with E-state index in [1.165, 1.54) is 0 Å².